The van der Waals surface area contributed by atoms with Gasteiger partial charge in [0.15, 0.2) is 0 Å². The summed E-state index contributed by atoms with van der Waals surface area (Å²) in [7, 11) is 0. The number of hydrogen-bond donors (Lipinski definition) is 1. The molecule has 0 fully saturated rings. The third-order valence-electron chi connectivity index (χ3n) is 2.59. The van der Waals surface area contributed by atoms with Gasteiger partial charge in [-0.05, 0) is 31.4 Å². The molecular weight excluding hydrogens is 244 g/mol. The lowest BCUT2D eigenvalue weighted by Crippen LogP contribution is -2.04. The van der Waals surface area contributed by atoms with Crippen LogP contribution in [0.2, 0.25) is 0 Å². The Balaban J connectivity index is 1.79. The first-order valence-corrected chi connectivity index (χ1v) is 7.07. The molecule has 2 heterocycles. The van der Waals surface area contributed by atoms with E-state index in [1.165, 1.54) is 5.56 Å². The van der Waals surface area contributed by atoms with Gasteiger partial charge in [0.1, 0.15) is 5.01 Å². The normalized spacial score (nSPS) is 10.6. The summed E-state index contributed by atoms with van der Waals surface area (Å²) in [6.45, 7) is 5.02. The van der Waals surface area contributed by atoms with Gasteiger partial charge in [-0.15, -0.1) is 10.2 Å². The molecule has 0 aromatic carbocycles. The van der Waals surface area contributed by atoms with Crippen LogP contribution in [0.1, 0.15) is 29.6 Å². The van der Waals surface area contributed by atoms with Crippen LogP contribution in [0.3, 0.4) is 0 Å². The summed E-state index contributed by atoms with van der Waals surface area (Å²) in [6.07, 6.45) is 5.01. The smallest absolute Gasteiger partial charge is 0.205 e. The van der Waals surface area contributed by atoms with Crippen LogP contribution in [0.15, 0.2) is 18.3 Å². The highest BCUT2D eigenvalue weighted by atomic mass is 32.1. The Hall–Kier alpha value is -1.49. The average molecular weight is 262 g/mol. The molecular formula is C13H18N4S. The highest BCUT2D eigenvalue weighted by molar-refractivity contribution is 7.15. The molecule has 0 saturated carbocycles. The fourth-order valence-corrected chi connectivity index (χ4v) is 2.47. The van der Waals surface area contributed by atoms with E-state index >= 15 is 0 Å². The summed E-state index contributed by atoms with van der Waals surface area (Å²) < 4.78 is 0. The van der Waals surface area contributed by atoms with E-state index < -0.39 is 0 Å². The Morgan fingerprint density at radius 1 is 1.22 bits per heavy atom. The summed E-state index contributed by atoms with van der Waals surface area (Å²) >= 11 is 1.65. The van der Waals surface area contributed by atoms with Gasteiger partial charge < -0.3 is 5.32 Å². The molecule has 2 aromatic heterocycles. The van der Waals surface area contributed by atoms with Gasteiger partial charge in [0.25, 0.3) is 0 Å². The minimum atomic E-state index is 0.867. The van der Waals surface area contributed by atoms with Crippen LogP contribution in [0.25, 0.3) is 0 Å². The minimum absolute atomic E-state index is 0.867. The number of nitrogens with zero attached hydrogens (tertiary/aromatic N) is 3. The molecule has 0 aliphatic rings. The predicted molar refractivity (Wildman–Crippen MR) is 75.1 cm³/mol. The van der Waals surface area contributed by atoms with E-state index in [2.05, 4.69) is 33.5 Å². The van der Waals surface area contributed by atoms with Crippen molar-refractivity contribution in [1.29, 1.82) is 0 Å². The van der Waals surface area contributed by atoms with Gasteiger partial charge in [0.2, 0.25) is 5.13 Å². The van der Waals surface area contributed by atoms with Gasteiger partial charge in [-0.25, -0.2) is 0 Å². The molecule has 4 nitrogen and oxygen atoms in total. The van der Waals surface area contributed by atoms with E-state index in [9.17, 15) is 0 Å². The predicted octanol–water partition coefficient (Wildman–Crippen LogP) is 2.85. The van der Waals surface area contributed by atoms with Crippen LogP contribution in [-0.2, 0) is 12.8 Å². The molecule has 96 valence electrons. The summed E-state index contributed by atoms with van der Waals surface area (Å²) in [5, 5.41) is 13.6. The van der Waals surface area contributed by atoms with Crippen LogP contribution in [-0.4, -0.2) is 21.7 Å². The number of nitrogens with one attached hydrogen (secondary N) is 1. The van der Waals surface area contributed by atoms with E-state index in [4.69, 9.17) is 0 Å². The monoisotopic (exact) mass is 262 g/mol. The van der Waals surface area contributed by atoms with Crippen molar-refractivity contribution in [3.05, 3.63) is 34.6 Å². The van der Waals surface area contributed by atoms with Crippen molar-refractivity contribution in [2.45, 2.75) is 33.1 Å². The molecule has 0 bridgehead atoms. The van der Waals surface area contributed by atoms with Crippen molar-refractivity contribution in [3.8, 4) is 0 Å². The molecule has 2 rings (SSSR count). The van der Waals surface area contributed by atoms with E-state index in [1.54, 1.807) is 11.3 Å². The Morgan fingerprint density at radius 3 is 2.83 bits per heavy atom. The van der Waals surface area contributed by atoms with E-state index in [1.807, 2.05) is 19.2 Å². The maximum Gasteiger partial charge on any atom is 0.205 e. The number of anilines is 1. The van der Waals surface area contributed by atoms with E-state index in [-0.39, 0.29) is 0 Å². The molecule has 0 spiro atoms. The summed E-state index contributed by atoms with van der Waals surface area (Å²) in [5.74, 6) is 0. The summed E-state index contributed by atoms with van der Waals surface area (Å²) in [5.41, 5.74) is 2.30. The summed E-state index contributed by atoms with van der Waals surface area (Å²) in [4.78, 5) is 4.28. The van der Waals surface area contributed by atoms with Gasteiger partial charge in [-0.3, -0.25) is 4.98 Å². The number of rotatable bonds is 6. The maximum absolute atomic E-state index is 4.28. The van der Waals surface area contributed by atoms with Gasteiger partial charge in [-0.1, -0.05) is 24.3 Å². The van der Waals surface area contributed by atoms with Crippen molar-refractivity contribution in [2.75, 3.05) is 11.9 Å². The van der Waals surface area contributed by atoms with Gasteiger partial charge in [0.05, 0.1) is 0 Å². The number of hydrogen-bond acceptors (Lipinski definition) is 5. The second-order valence-electron chi connectivity index (χ2n) is 4.24. The molecule has 18 heavy (non-hydrogen) atoms. The molecule has 1 N–H and O–H groups in total. The Morgan fingerprint density at radius 2 is 2.11 bits per heavy atom. The quantitative estimate of drug-likeness (QED) is 0.869. The third kappa shape index (κ3) is 3.77. The van der Waals surface area contributed by atoms with Crippen molar-refractivity contribution in [1.82, 2.24) is 15.2 Å². The molecule has 0 radical (unpaired) electrons. The van der Waals surface area contributed by atoms with Crippen molar-refractivity contribution < 1.29 is 0 Å². The zero-order valence-electron chi connectivity index (χ0n) is 10.8. The molecule has 0 amide bonds. The Kier molecular flexibility index (Phi) is 4.64. The second kappa shape index (κ2) is 6.44. The third-order valence-corrected chi connectivity index (χ3v) is 3.53. The fraction of sp³-hybridized carbons (Fsp3) is 0.462. The van der Waals surface area contributed by atoms with Crippen LogP contribution in [0.4, 0.5) is 5.13 Å². The van der Waals surface area contributed by atoms with Crippen LogP contribution in [0.5, 0.6) is 0 Å². The molecule has 2 aromatic rings. The molecule has 0 aliphatic carbocycles. The van der Waals surface area contributed by atoms with Crippen molar-refractivity contribution in [2.24, 2.45) is 0 Å². The lowest BCUT2D eigenvalue weighted by atomic mass is 10.2. The zero-order chi connectivity index (χ0) is 12.8. The molecule has 0 aliphatic heterocycles. The molecule has 0 unspecified atom stereocenters. The van der Waals surface area contributed by atoms with Crippen LogP contribution < -0.4 is 5.32 Å². The first kappa shape index (κ1) is 13.0. The molecule has 0 saturated heterocycles. The van der Waals surface area contributed by atoms with Crippen molar-refractivity contribution >= 4 is 16.5 Å². The summed E-state index contributed by atoms with van der Waals surface area (Å²) in [6, 6.07) is 4.16. The minimum Gasteiger partial charge on any atom is -0.360 e. The highest BCUT2D eigenvalue weighted by Gasteiger charge is 2.02. The number of aromatic nitrogens is 3. The molecule has 5 heteroatoms. The standard InChI is InChI=1S/C13H18N4S/c1-3-4-12-16-17-13(18-12)14-8-7-11-6-5-10(2)15-9-11/h5-6,9H,3-4,7-8H2,1-2H3,(H,14,17). The van der Waals surface area contributed by atoms with Crippen LogP contribution >= 0.6 is 11.3 Å². The average Bonchev–Trinajstić information content (AvgIpc) is 2.80. The molecule has 0 atom stereocenters. The van der Waals surface area contributed by atoms with Crippen molar-refractivity contribution in [3.63, 3.8) is 0 Å². The lowest BCUT2D eigenvalue weighted by Gasteiger charge is -2.02. The zero-order valence-corrected chi connectivity index (χ0v) is 11.6. The van der Waals surface area contributed by atoms with E-state index in [0.717, 1.165) is 41.6 Å². The van der Waals surface area contributed by atoms with E-state index in [0.29, 0.717) is 0 Å². The van der Waals surface area contributed by atoms with Gasteiger partial charge >= 0.3 is 0 Å². The number of pyridine rings is 1. The fourth-order valence-electron chi connectivity index (χ4n) is 1.60. The van der Waals surface area contributed by atoms with Gasteiger partial charge in [-0.2, -0.15) is 0 Å². The first-order chi connectivity index (χ1) is 8.78. The second-order valence-corrected chi connectivity index (χ2v) is 5.30. The topological polar surface area (TPSA) is 50.7 Å². The lowest BCUT2D eigenvalue weighted by molar-refractivity contribution is 0.876. The Bertz CT molecular complexity index is 478. The maximum atomic E-state index is 4.28. The first-order valence-electron chi connectivity index (χ1n) is 6.25. The largest absolute Gasteiger partial charge is 0.360 e. The number of aryl methyl sites for hydroxylation is 2. The highest BCUT2D eigenvalue weighted by Crippen LogP contribution is 2.16. The van der Waals surface area contributed by atoms with Gasteiger partial charge in [0, 0.05) is 24.9 Å². The SMILES string of the molecule is CCCc1nnc(NCCc2ccc(C)nc2)s1. The Labute approximate surface area is 111 Å². The van der Waals surface area contributed by atoms with Crippen LogP contribution in [0, 0.1) is 6.92 Å².